The van der Waals surface area contributed by atoms with Gasteiger partial charge in [0.15, 0.2) is 0 Å². The minimum atomic E-state index is -4.91. The van der Waals surface area contributed by atoms with E-state index in [-0.39, 0.29) is 23.6 Å². The second-order valence-corrected chi connectivity index (χ2v) is 9.77. The number of aliphatic hydroxyl groups is 1. The lowest BCUT2D eigenvalue weighted by Crippen LogP contribution is -2.29. The number of ether oxygens (including phenoxy) is 2. The molecular formula is C31H23F10NO3. The molecule has 45 heavy (non-hydrogen) atoms. The van der Waals surface area contributed by atoms with Crippen LogP contribution in [-0.2, 0) is 25.5 Å². The molecule has 1 N–H and O–H groups in total. The smallest absolute Gasteiger partial charge is 0.489 e. The lowest BCUT2D eigenvalue weighted by molar-refractivity contribution is -0.274. The molecule has 0 saturated carbocycles. The van der Waals surface area contributed by atoms with Gasteiger partial charge in [-0.2, -0.15) is 26.3 Å². The first-order valence-corrected chi connectivity index (χ1v) is 13.0. The predicted octanol–water partition coefficient (Wildman–Crippen LogP) is 9.08. The number of benzene rings is 4. The molecule has 0 amide bonds. The van der Waals surface area contributed by atoms with Crippen LogP contribution >= 0.6 is 0 Å². The van der Waals surface area contributed by atoms with Crippen LogP contribution in [0.15, 0.2) is 91.0 Å². The highest BCUT2D eigenvalue weighted by Crippen LogP contribution is 2.36. The molecule has 4 aromatic carbocycles. The third-order valence-corrected chi connectivity index (χ3v) is 6.48. The summed E-state index contributed by atoms with van der Waals surface area (Å²) in [4.78, 5) is 1.26. The molecule has 0 aliphatic heterocycles. The first-order chi connectivity index (χ1) is 21.0. The molecule has 0 aromatic heterocycles. The fraction of sp³-hybridized carbons (Fsp3) is 0.226. The van der Waals surface area contributed by atoms with Gasteiger partial charge in [-0.1, -0.05) is 42.5 Å². The van der Waals surface area contributed by atoms with E-state index in [1.165, 1.54) is 47.4 Å². The molecule has 0 heterocycles. The SMILES string of the molecule is OC(CN(Cc1ccc(C(F)(F)F)cc1F)c1cccc(OCc2cccc(OC(F)(F)F)c2)c1)c1ccccc1C(F)(F)F. The highest BCUT2D eigenvalue weighted by atomic mass is 19.4. The van der Waals surface area contributed by atoms with Crippen LogP contribution in [-0.4, -0.2) is 18.0 Å². The van der Waals surface area contributed by atoms with Crippen molar-refractivity contribution >= 4 is 5.69 Å². The van der Waals surface area contributed by atoms with Gasteiger partial charge >= 0.3 is 18.7 Å². The van der Waals surface area contributed by atoms with E-state index in [0.717, 1.165) is 36.4 Å². The standard InChI is InChI=1S/C31H23F10NO3/c32-27-14-21(29(33,34)35)12-11-20(27)16-42(17-28(43)25-9-1-2-10-26(25)30(36,37)38)22-6-4-7-23(15-22)44-18-19-5-3-8-24(13-19)45-31(39,40)41/h1-15,28,43H,16-18H2. The second kappa shape index (κ2) is 13.3. The van der Waals surface area contributed by atoms with Crippen molar-refractivity contribution in [2.75, 3.05) is 11.4 Å². The molecule has 14 heteroatoms. The van der Waals surface area contributed by atoms with Gasteiger partial charge in [0.2, 0.25) is 0 Å². The molecule has 0 aliphatic carbocycles. The van der Waals surface area contributed by atoms with Crippen molar-refractivity contribution in [1.82, 2.24) is 0 Å². The third-order valence-electron chi connectivity index (χ3n) is 6.48. The highest BCUT2D eigenvalue weighted by Gasteiger charge is 2.35. The molecule has 0 fully saturated rings. The monoisotopic (exact) mass is 647 g/mol. The van der Waals surface area contributed by atoms with Gasteiger partial charge in [-0.3, -0.25) is 0 Å². The molecule has 0 bridgehead atoms. The Morgan fingerprint density at radius 3 is 2.07 bits per heavy atom. The number of alkyl halides is 9. The van der Waals surface area contributed by atoms with E-state index in [9.17, 15) is 49.0 Å². The lowest BCUT2D eigenvalue weighted by Gasteiger charge is -2.29. The largest absolute Gasteiger partial charge is 0.573 e. The van der Waals surface area contributed by atoms with E-state index in [4.69, 9.17) is 4.74 Å². The zero-order chi connectivity index (χ0) is 33.0. The molecule has 0 spiro atoms. The zero-order valence-corrected chi connectivity index (χ0v) is 22.8. The topological polar surface area (TPSA) is 41.9 Å². The summed E-state index contributed by atoms with van der Waals surface area (Å²) >= 11 is 0. The van der Waals surface area contributed by atoms with Gasteiger partial charge < -0.3 is 19.5 Å². The minimum absolute atomic E-state index is 0.137. The van der Waals surface area contributed by atoms with Crippen LogP contribution in [0.2, 0.25) is 0 Å². The fourth-order valence-corrected chi connectivity index (χ4v) is 4.44. The van der Waals surface area contributed by atoms with E-state index >= 15 is 0 Å². The molecule has 4 aromatic rings. The van der Waals surface area contributed by atoms with Crippen LogP contribution in [0, 0.1) is 5.82 Å². The number of anilines is 1. The van der Waals surface area contributed by atoms with E-state index in [0.29, 0.717) is 17.7 Å². The van der Waals surface area contributed by atoms with Crippen molar-refractivity contribution < 1.29 is 58.5 Å². The quantitative estimate of drug-likeness (QED) is 0.175. The number of rotatable bonds is 10. The molecule has 4 rings (SSSR count). The summed E-state index contributed by atoms with van der Waals surface area (Å²) in [7, 11) is 0. The Bertz CT molecular complexity index is 1600. The van der Waals surface area contributed by atoms with Crippen LogP contribution in [0.25, 0.3) is 0 Å². The number of halogens is 10. The van der Waals surface area contributed by atoms with Crippen LogP contribution in [0.3, 0.4) is 0 Å². The average Bonchev–Trinajstić information content (AvgIpc) is 2.95. The lowest BCUT2D eigenvalue weighted by atomic mass is 10.0. The van der Waals surface area contributed by atoms with E-state index in [1.807, 2.05) is 0 Å². The third kappa shape index (κ3) is 9.27. The fourth-order valence-electron chi connectivity index (χ4n) is 4.44. The average molecular weight is 648 g/mol. The van der Waals surface area contributed by atoms with Crippen molar-refractivity contribution in [3.05, 3.63) is 125 Å². The first-order valence-electron chi connectivity index (χ1n) is 13.0. The molecule has 240 valence electrons. The Hall–Kier alpha value is -4.46. The van der Waals surface area contributed by atoms with Crippen LogP contribution in [0.4, 0.5) is 49.6 Å². The van der Waals surface area contributed by atoms with E-state index in [2.05, 4.69) is 4.74 Å². The number of hydrogen-bond acceptors (Lipinski definition) is 4. The van der Waals surface area contributed by atoms with Crippen molar-refractivity contribution in [3.8, 4) is 11.5 Å². The highest BCUT2D eigenvalue weighted by molar-refractivity contribution is 5.52. The molecule has 1 atom stereocenters. The number of nitrogens with zero attached hydrogens (tertiary/aromatic N) is 1. The Balaban J connectivity index is 1.63. The maximum Gasteiger partial charge on any atom is 0.573 e. The van der Waals surface area contributed by atoms with E-state index < -0.39 is 66.2 Å². The maximum absolute atomic E-state index is 14.8. The summed E-state index contributed by atoms with van der Waals surface area (Å²) in [6.07, 6.45) is -16.3. The molecular weight excluding hydrogens is 624 g/mol. The summed E-state index contributed by atoms with van der Waals surface area (Å²) in [5.74, 6) is -1.57. The van der Waals surface area contributed by atoms with Crippen molar-refractivity contribution in [2.45, 2.75) is 38.0 Å². The van der Waals surface area contributed by atoms with Gasteiger partial charge in [-0.05, 0) is 53.6 Å². The molecule has 4 nitrogen and oxygen atoms in total. The van der Waals surface area contributed by atoms with Crippen LogP contribution in [0.5, 0.6) is 11.5 Å². The molecule has 0 saturated heterocycles. The van der Waals surface area contributed by atoms with Gasteiger partial charge in [-0.15, -0.1) is 13.2 Å². The number of hydrogen-bond donors (Lipinski definition) is 1. The summed E-state index contributed by atoms with van der Waals surface area (Å²) < 4.78 is 142. The summed E-state index contributed by atoms with van der Waals surface area (Å²) in [5, 5.41) is 10.9. The summed E-state index contributed by atoms with van der Waals surface area (Å²) in [5.41, 5.74) is -2.58. The van der Waals surface area contributed by atoms with Crippen molar-refractivity contribution in [1.29, 1.82) is 0 Å². The van der Waals surface area contributed by atoms with Gasteiger partial charge in [-0.25, -0.2) is 4.39 Å². The minimum Gasteiger partial charge on any atom is -0.489 e. The Labute approximate surface area is 250 Å². The summed E-state index contributed by atoms with van der Waals surface area (Å²) in [6, 6.07) is 16.8. The predicted molar refractivity (Wildman–Crippen MR) is 143 cm³/mol. The van der Waals surface area contributed by atoms with Gasteiger partial charge in [0, 0.05) is 30.4 Å². The van der Waals surface area contributed by atoms with Crippen molar-refractivity contribution in [2.24, 2.45) is 0 Å². The maximum atomic E-state index is 14.8. The Morgan fingerprint density at radius 1 is 0.711 bits per heavy atom. The van der Waals surface area contributed by atoms with Gasteiger partial charge in [0.1, 0.15) is 23.9 Å². The van der Waals surface area contributed by atoms with Gasteiger partial charge in [0.25, 0.3) is 0 Å². The van der Waals surface area contributed by atoms with E-state index in [1.54, 1.807) is 0 Å². The normalized spacial score (nSPS) is 13.0. The van der Waals surface area contributed by atoms with Crippen molar-refractivity contribution in [3.63, 3.8) is 0 Å². The first kappa shape index (κ1) is 33.4. The van der Waals surface area contributed by atoms with Crippen LogP contribution in [0.1, 0.15) is 33.9 Å². The van der Waals surface area contributed by atoms with Gasteiger partial charge in [0.05, 0.1) is 17.2 Å². The van der Waals surface area contributed by atoms with Crippen LogP contribution < -0.4 is 14.4 Å². The molecule has 0 radical (unpaired) electrons. The number of aliphatic hydroxyl groups excluding tert-OH is 1. The Kier molecular flexibility index (Phi) is 9.86. The molecule has 1 unspecified atom stereocenters. The second-order valence-electron chi connectivity index (χ2n) is 9.77. The summed E-state index contributed by atoms with van der Waals surface area (Å²) in [6.45, 7) is -1.24. The Morgan fingerprint density at radius 2 is 1.40 bits per heavy atom. The molecule has 0 aliphatic rings. The zero-order valence-electron chi connectivity index (χ0n) is 22.8.